The van der Waals surface area contributed by atoms with Crippen molar-refractivity contribution in [3.63, 3.8) is 0 Å². The minimum atomic E-state index is -0.833. The van der Waals surface area contributed by atoms with E-state index >= 15 is 0 Å². The Morgan fingerprint density at radius 2 is 2.12 bits per heavy atom. The molecular formula is C18H25NO6. The molecule has 1 saturated heterocycles. The predicted molar refractivity (Wildman–Crippen MR) is 90.5 cm³/mol. The first-order valence-electron chi connectivity index (χ1n) is 8.45. The van der Waals surface area contributed by atoms with E-state index < -0.39 is 23.6 Å². The van der Waals surface area contributed by atoms with E-state index in [1.165, 1.54) is 12.0 Å². The fourth-order valence-electron chi connectivity index (χ4n) is 2.75. The highest BCUT2D eigenvalue weighted by Crippen LogP contribution is 2.15. The number of rotatable bonds is 5. The standard InChI is InChI=1S/C18H25NO6/c1-11(2)5-6-13-9-12(3)15(18(22)25-13)16(20)19-7-8-24-14(10-19)17(21)23-4/h9,11,14H,5-8,10H2,1-4H3. The third-order valence-electron chi connectivity index (χ3n) is 4.20. The second kappa shape index (κ2) is 8.29. The van der Waals surface area contributed by atoms with E-state index in [1.807, 2.05) is 0 Å². The largest absolute Gasteiger partial charge is 0.467 e. The van der Waals surface area contributed by atoms with Crippen LogP contribution < -0.4 is 5.63 Å². The predicted octanol–water partition coefficient (Wildman–Crippen LogP) is 1.55. The minimum Gasteiger partial charge on any atom is -0.467 e. The SMILES string of the molecule is COC(=O)C1CN(C(=O)c2c(C)cc(CCC(C)C)oc2=O)CCO1. The molecule has 0 bridgehead atoms. The van der Waals surface area contributed by atoms with E-state index in [-0.39, 0.29) is 18.7 Å². The van der Waals surface area contributed by atoms with Gasteiger partial charge in [-0.15, -0.1) is 0 Å². The van der Waals surface area contributed by atoms with Crippen LogP contribution in [0.15, 0.2) is 15.3 Å². The third-order valence-corrected chi connectivity index (χ3v) is 4.20. The van der Waals surface area contributed by atoms with Gasteiger partial charge >= 0.3 is 11.6 Å². The Labute approximate surface area is 146 Å². The summed E-state index contributed by atoms with van der Waals surface area (Å²) < 4.78 is 15.3. The van der Waals surface area contributed by atoms with Crippen LogP contribution in [0.4, 0.5) is 0 Å². The first-order chi connectivity index (χ1) is 11.8. The van der Waals surface area contributed by atoms with Gasteiger partial charge < -0.3 is 18.8 Å². The van der Waals surface area contributed by atoms with Crippen LogP contribution in [0.2, 0.25) is 0 Å². The smallest absolute Gasteiger partial charge is 0.349 e. The molecule has 1 unspecified atom stereocenters. The lowest BCUT2D eigenvalue weighted by Gasteiger charge is -2.31. The number of ether oxygens (including phenoxy) is 2. The van der Waals surface area contributed by atoms with Gasteiger partial charge in [-0.25, -0.2) is 9.59 Å². The van der Waals surface area contributed by atoms with Crippen molar-refractivity contribution in [3.8, 4) is 0 Å². The highest BCUT2D eigenvalue weighted by molar-refractivity contribution is 5.95. The number of hydrogen-bond donors (Lipinski definition) is 0. The number of amides is 1. The van der Waals surface area contributed by atoms with Gasteiger partial charge in [-0.05, 0) is 30.9 Å². The maximum Gasteiger partial charge on any atom is 0.349 e. The summed E-state index contributed by atoms with van der Waals surface area (Å²) >= 11 is 0. The molecule has 2 rings (SSSR count). The summed E-state index contributed by atoms with van der Waals surface area (Å²) in [5.41, 5.74) is -0.0372. The van der Waals surface area contributed by atoms with Gasteiger partial charge in [0.05, 0.1) is 20.3 Å². The van der Waals surface area contributed by atoms with Crippen molar-refractivity contribution in [2.24, 2.45) is 5.92 Å². The van der Waals surface area contributed by atoms with Crippen molar-refractivity contribution < 1.29 is 23.5 Å². The zero-order valence-corrected chi connectivity index (χ0v) is 15.2. The second-order valence-electron chi connectivity index (χ2n) is 6.62. The maximum absolute atomic E-state index is 12.7. The number of nitrogens with zero attached hydrogens (tertiary/aromatic N) is 1. The first-order valence-corrected chi connectivity index (χ1v) is 8.45. The van der Waals surface area contributed by atoms with Crippen LogP contribution in [0.3, 0.4) is 0 Å². The van der Waals surface area contributed by atoms with Gasteiger partial charge in [0.1, 0.15) is 11.3 Å². The zero-order chi connectivity index (χ0) is 18.6. The molecule has 0 radical (unpaired) electrons. The molecule has 7 nitrogen and oxygen atoms in total. The zero-order valence-electron chi connectivity index (χ0n) is 15.2. The molecule has 0 N–H and O–H groups in total. The maximum atomic E-state index is 12.7. The Balaban J connectivity index is 2.18. The quantitative estimate of drug-likeness (QED) is 0.748. The first kappa shape index (κ1) is 19.2. The Hall–Kier alpha value is -2.15. The molecule has 1 amide bonds. The molecule has 1 aromatic heterocycles. The van der Waals surface area contributed by atoms with E-state index in [9.17, 15) is 14.4 Å². The van der Waals surface area contributed by atoms with Crippen molar-refractivity contribution in [2.45, 2.75) is 39.7 Å². The topological polar surface area (TPSA) is 86.0 Å². The number of methoxy groups -OCH3 is 1. The molecule has 1 aliphatic rings. The molecule has 0 aliphatic carbocycles. The van der Waals surface area contributed by atoms with E-state index in [2.05, 4.69) is 18.6 Å². The van der Waals surface area contributed by atoms with Crippen molar-refractivity contribution in [2.75, 3.05) is 26.8 Å². The van der Waals surface area contributed by atoms with Gasteiger partial charge in [0.2, 0.25) is 0 Å². The van der Waals surface area contributed by atoms with Crippen molar-refractivity contribution in [3.05, 3.63) is 33.4 Å². The lowest BCUT2D eigenvalue weighted by atomic mass is 10.0. The van der Waals surface area contributed by atoms with Gasteiger partial charge in [-0.3, -0.25) is 4.79 Å². The fourth-order valence-corrected chi connectivity index (χ4v) is 2.75. The third kappa shape index (κ3) is 4.69. The summed E-state index contributed by atoms with van der Waals surface area (Å²) in [4.78, 5) is 38.1. The molecule has 25 heavy (non-hydrogen) atoms. The van der Waals surface area contributed by atoms with Gasteiger partial charge in [0, 0.05) is 13.0 Å². The van der Waals surface area contributed by atoms with Crippen LogP contribution in [-0.2, 0) is 20.7 Å². The van der Waals surface area contributed by atoms with Crippen LogP contribution in [0.25, 0.3) is 0 Å². The summed E-state index contributed by atoms with van der Waals surface area (Å²) in [7, 11) is 1.27. The van der Waals surface area contributed by atoms with Crippen LogP contribution in [0, 0.1) is 12.8 Å². The Kier molecular flexibility index (Phi) is 6.36. The second-order valence-corrected chi connectivity index (χ2v) is 6.62. The average molecular weight is 351 g/mol. The Bertz CT molecular complexity index is 693. The average Bonchev–Trinajstić information content (AvgIpc) is 2.58. The molecular weight excluding hydrogens is 326 g/mol. The number of hydrogen-bond acceptors (Lipinski definition) is 6. The number of carbonyl (C=O) groups is 2. The summed E-state index contributed by atoms with van der Waals surface area (Å²) in [5.74, 6) is 0.0989. The molecule has 2 heterocycles. The molecule has 0 aromatic carbocycles. The lowest BCUT2D eigenvalue weighted by Crippen LogP contribution is -2.49. The molecule has 1 aromatic rings. The normalized spacial score (nSPS) is 17.6. The Morgan fingerprint density at radius 1 is 1.40 bits per heavy atom. The van der Waals surface area contributed by atoms with Crippen molar-refractivity contribution >= 4 is 11.9 Å². The van der Waals surface area contributed by atoms with Crippen LogP contribution in [0.5, 0.6) is 0 Å². The molecule has 0 spiro atoms. The Morgan fingerprint density at radius 3 is 2.72 bits per heavy atom. The lowest BCUT2D eigenvalue weighted by molar-refractivity contribution is -0.158. The van der Waals surface area contributed by atoms with E-state index in [0.717, 1.165) is 6.42 Å². The summed E-state index contributed by atoms with van der Waals surface area (Å²) in [5, 5.41) is 0. The van der Waals surface area contributed by atoms with Crippen LogP contribution in [-0.4, -0.2) is 49.7 Å². The summed E-state index contributed by atoms with van der Waals surface area (Å²) in [6.07, 6.45) is 0.727. The summed E-state index contributed by atoms with van der Waals surface area (Å²) in [6, 6.07) is 1.75. The van der Waals surface area contributed by atoms with E-state index in [4.69, 9.17) is 9.15 Å². The monoisotopic (exact) mass is 351 g/mol. The highest BCUT2D eigenvalue weighted by Gasteiger charge is 2.32. The molecule has 1 atom stereocenters. The molecule has 7 heteroatoms. The van der Waals surface area contributed by atoms with Gasteiger partial charge in [-0.2, -0.15) is 0 Å². The van der Waals surface area contributed by atoms with Crippen LogP contribution in [0.1, 0.15) is 41.9 Å². The number of aryl methyl sites for hydroxylation is 2. The molecule has 138 valence electrons. The molecule has 1 fully saturated rings. The van der Waals surface area contributed by atoms with Gasteiger partial charge in [0.15, 0.2) is 6.10 Å². The van der Waals surface area contributed by atoms with Gasteiger partial charge in [0.25, 0.3) is 5.91 Å². The van der Waals surface area contributed by atoms with E-state index in [1.54, 1.807) is 13.0 Å². The minimum absolute atomic E-state index is 0.0128. The summed E-state index contributed by atoms with van der Waals surface area (Å²) in [6.45, 7) is 6.49. The van der Waals surface area contributed by atoms with Crippen molar-refractivity contribution in [1.29, 1.82) is 0 Å². The molecule has 1 aliphatic heterocycles. The van der Waals surface area contributed by atoms with Crippen LogP contribution >= 0.6 is 0 Å². The fraction of sp³-hybridized carbons (Fsp3) is 0.611. The highest BCUT2D eigenvalue weighted by atomic mass is 16.6. The van der Waals surface area contributed by atoms with Gasteiger partial charge in [-0.1, -0.05) is 13.8 Å². The number of esters is 1. The number of carbonyl (C=O) groups excluding carboxylic acids is 2. The van der Waals surface area contributed by atoms with E-state index in [0.29, 0.717) is 30.2 Å². The van der Waals surface area contributed by atoms with Crippen molar-refractivity contribution in [1.82, 2.24) is 4.90 Å². The molecule has 0 saturated carbocycles. The number of morpholine rings is 1.